The Hall–Kier alpha value is -5.65. The molecule has 0 spiro atoms. The molecule has 318 valence electrons. The molecule has 0 saturated carbocycles. The minimum atomic E-state index is -2.83. The topological polar surface area (TPSA) is 158 Å². The number of phenols is 1. The second-order valence-electron chi connectivity index (χ2n) is 17.2. The van der Waals surface area contributed by atoms with E-state index in [2.05, 4.69) is 30.6 Å². The van der Waals surface area contributed by atoms with E-state index < -0.39 is 35.5 Å². The van der Waals surface area contributed by atoms with E-state index in [4.69, 9.17) is 0 Å². The highest BCUT2D eigenvalue weighted by Crippen LogP contribution is 2.43. The van der Waals surface area contributed by atoms with Crippen molar-refractivity contribution in [3.8, 4) is 17.0 Å². The van der Waals surface area contributed by atoms with Crippen molar-refractivity contribution >= 4 is 40.9 Å². The van der Waals surface area contributed by atoms with Gasteiger partial charge in [-0.2, -0.15) is 0 Å². The Morgan fingerprint density at radius 1 is 0.967 bits per heavy atom. The number of anilines is 3. The highest BCUT2D eigenvalue weighted by atomic mass is 19.3. The van der Waals surface area contributed by atoms with Crippen molar-refractivity contribution in [2.45, 2.75) is 76.2 Å². The standard InChI is InChI=1S/C42H49F3N10O5/c1-24-18-50(20-26-10-12-51(13-11-26)28-7-6-27-21-53(39(59)30(27)16-28)33-8-9-35(56)47-38(33)58)19-25(2)55(24)41(60)52-14-15-54-34-17-32(29-4-3-5-31(43)36(29)57)48-49-37(34)46-22-42(54,23-52)40(44)45/h3-7,16-17,24-26,33,40,57H,8-15,18-23H2,1-2H3,(H,46,49)(H,47,56,58)/t24-,25-,33+,42-/m1/s1. The molecule has 0 aliphatic carbocycles. The van der Waals surface area contributed by atoms with Crippen molar-refractivity contribution < 1.29 is 37.5 Å². The molecule has 5 amide bonds. The third-order valence-corrected chi connectivity index (χ3v) is 13.4. The van der Waals surface area contributed by atoms with Crippen molar-refractivity contribution in [3.05, 3.63) is 59.4 Å². The highest BCUT2D eigenvalue weighted by molar-refractivity contribution is 6.05. The first kappa shape index (κ1) is 39.8. The second kappa shape index (κ2) is 15.4. The van der Waals surface area contributed by atoms with Crippen molar-refractivity contribution in [2.24, 2.45) is 5.92 Å². The molecule has 6 aliphatic heterocycles. The number of nitrogens with one attached hydrogen (secondary N) is 2. The molecule has 4 saturated heterocycles. The number of urea groups is 1. The molecule has 4 fully saturated rings. The van der Waals surface area contributed by atoms with Crippen LogP contribution in [0, 0.1) is 11.7 Å². The van der Waals surface area contributed by atoms with Gasteiger partial charge in [-0.1, -0.05) is 12.1 Å². The van der Waals surface area contributed by atoms with Crippen molar-refractivity contribution in [2.75, 3.05) is 74.0 Å². The van der Waals surface area contributed by atoms with Gasteiger partial charge < -0.3 is 34.9 Å². The summed E-state index contributed by atoms with van der Waals surface area (Å²) in [4.78, 5) is 63.0. The number of benzene rings is 2. The summed E-state index contributed by atoms with van der Waals surface area (Å²) in [6, 6.07) is 10.3. The Kier molecular flexibility index (Phi) is 10.2. The molecule has 15 nitrogen and oxygen atoms in total. The lowest BCUT2D eigenvalue weighted by atomic mass is 9.90. The largest absolute Gasteiger partial charge is 0.504 e. The lowest BCUT2D eigenvalue weighted by molar-refractivity contribution is -0.136. The molecule has 4 atom stereocenters. The van der Waals surface area contributed by atoms with Crippen LogP contribution in [-0.2, 0) is 16.1 Å². The zero-order valence-corrected chi connectivity index (χ0v) is 33.6. The Bertz CT molecular complexity index is 2210. The number of piperidine rings is 2. The molecule has 18 heteroatoms. The lowest BCUT2D eigenvalue weighted by Crippen LogP contribution is -2.73. The van der Waals surface area contributed by atoms with E-state index in [-0.39, 0.29) is 73.8 Å². The number of rotatable bonds is 6. The van der Waals surface area contributed by atoms with Gasteiger partial charge in [0.25, 0.3) is 12.3 Å². The number of alkyl halides is 2. The van der Waals surface area contributed by atoms with Crippen LogP contribution >= 0.6 is 0 Å². The van der Waals surface area contributed by atoms with Crippen LogP contribution in [0.15, 0.2) is 42.5 Å². The van der Waals surface area contributed by atoms with Gasteiger partial charge in [-0.3, -0.25) is 24.6 Å². The molecular formula is C42H49F3N10O5. The highest BCUT2D eigenvalue weighted by Gasteiger charge is 2.54. The number of piperazine rings is 2. The summed E-state index contributed by atoms with van der Waals surface area (Å²) < 4.78 is 44.7. The van der Waals surface area contributed by atoms with Crippen molar-refractivity contribution in [1.82, 2.24) is 35.1 Å². The number of aromatic hydroxyl groups is 1. The van der Waals surface area contributed by atoms with Crippen LogP contribution in [0.4, 0.5) is 35.2 Å². The lowest BCUT2D eigenvalue weighted by Gasteiger charge is -2.55. The molecule has 7 heterocycles. The molecule has 6 aliphatic rings. The summed E-state index contributed by atoms with van der Waals surface area (Å²) in [5, 5.41) is 24.0. The van der Waals surface area contributed by atoms with Crippen molar-refractivity contribution in [1.29, 1.82) is 0 Å². The zero-order chi connectivity index (χ0) is 42.0. The summed E-state index contributed by atoms with van der Waals surface area (Å²) >= 11 is 0. The number of halogens is 3. The molecule has 9 rings (SSSR count). The van der Waals surface area contributed by atoms with Gasteiger partial charge in [0.05, 0.1) is 17.9 Å². The number of fused-ring (bicyclic) bond motifs is 4. The predicted octanol–water partition coefficient (Wildman–Crippen LogP) is 3.73. The van der Waals surface area contributed by atoms with Crippen LogP contribution < -0.4 is 20.4 Å². The molecule has 60 heavy (non-hydrogen) atoms. The molecule has 0 unspecified atom stereocenters. The van der Waals surface area contributed by atoms with Gasteiger partial charge in [-0.25, -0.2) is 18.0 Å². The second-order valence-corrected chi connectivity index (χ2v) is 17.2. The Morgan fingerprint density at radius 2 is 1.73 bits per heavy atom. The summed E-state index contributed by atoms with van der Waals surface area (Å²) in [5.41, 5.74) is 1.30. The number of nitrogens with zero attached hydrogens (tertiary/aromatic N) is 8. The van der Waals surface area contributed by atoms with E-state index in [1.807, 2.05) is 36.9 Å². The van der Waals surface area contributed by atoms with Crippen molar-refractivity contribution in [3.63, 3.8) is 0 Å². The van der Waals surface area contributed by atoms with Crippen LogP contribution in [0.5, 0.6) is 5.75 Å². The van der Waals surface area contributed by atoms with E-state index in [0.717, 1.165) is 49.8 Å². The minimum Gasteiger partial charge on any atom is -0.504 e. The number of aromatic nitrogens is 2. The van der Waals surface area contributed by atoms with Gasteiger partial charge >= 0.3 is 6.03 Å². The average Bonchev–Trinajstić information content (AvgIpc) is 3.56. The predicted molar refractivity (Wildman–Crippen MR) is 215 cm³/mol. The number of imide groups is 1. The Balaban J connectivity index is 0.803. The van der Waals surface area contributed by atoms with Crippen LogP contribution in [0.2, 0.25) is 0 Å². The minimum absolute atomic E-state index is 0.0939. The summed E-state index contributed by atoms with van der Waals surface area (Å²) in [6.07, 6.45) is -0.361. The summed E-state index contributed by atoms with van der Waals surface area (Å²) in [7, 11) is 0. The van der Waals surface area contributed by atoms with Crippen LogP contribution in [0.25, 0.3) is 11.3 Å². The van der Waals surface area contributed by atoms with E-state index in [9.17, 15) is 28.7 Å². The number of phenolic OH excluding ortho intramolecular Hbond substituents is 1. The number of carbonyl (C=O) groups excluding carboxylic acids is 4. The SMILES string of the molecule is C[C@@H]1CN(CC2CCN(c3ccc4c(c3)C(=O)N([C@H]3CCC(=O)NC3=O)C4)CC2)C[C@@H](C)N1C(=O)N1CCN2c3cc(-c4cccc(F)c4O)nnc3NC[C@]2(C(F)F)C1. The first-order valence-electron chi connectivity index (χ1n) is 20.8. The molecule has 3 N–H and O–H groups in total. The van der Waals surface area contributed by atoms with Gasteiger partial charge in [0.15, 0.2) is 17.4 Å². The summed E-state index contributed by atoms with van der Waals surface area (Å²) in [5.74, 6) is -1.60. The fourth-order valence-corrected chi connectivity index (χ4v) is 10.3. The maximum atomic E-state index is 15.3. The van der Waals surface area contributed by atoms with Crippen LogP contribution in [0.3, 0.4) is 0 Å². The van der Waals surface area contributed by atoms with Gasteiger partial charge in [0.2, 0.25) is 11.8 Å². The monoisotopic (exact) mass is 830 g/mol. The van der Waals surface area contributed by atoms with E-state index in [1.54, 1.807) is 14.7 Å². The maximum absolute atomic E-state index is 15.3. The average molecular weight is 831 g/mol. The third kappa shape index (κ3) is 6.91. The molecule has 0 bridgehead atoms. The maximum Gasteiger partial charge on any atom is 0.320 e. The molecule has 0 radical (unpaired) electrons. The molecular weight excluding hydrogens is 782 g/mol. The zero-order valence-electron chi connectivity index (χ0n) is 33.6. The molecule has 3 aromatic rings. The molecule has 2 aromatic carbocycles. The summed E-state index contributed by atoms with van der Waals surface area (Å²) in [6.45, 7) is 8.20. The third-order valence-electron chi connectivity index (χ3n) is 13.4. The first-order chi connectivity index (χ1) is 28.8. The normalized spacial score (nSPS) is 26.2. The van der Waals surface area contributed by atoms with E-state index in [0.29, 0.717) is 49.0 Å². The number of para-hydroxylation sites is 1. The number of amides is 5. The number of hydrogen-bond acceptors (Lipinski definition) is 11. The van der Waals surface area contributed by atoms with Crippen LogP contribution in [0.1, 0.15) is 55.5 Å². The first-order valence-corrected chi connectivity index (χ1v) is 20.8. The van der Waals surface area contributed by atoms with Gasteiger partial charge in [-0.15, -0.1) is 10.2 Å². The van der Waals surface area contributed by atoms with E-state index >= 15 is 8.78 Å². The fraction of sp³-hybridized carbons (Fsp3) is 0.524. The molecule has 1 aromatic heterocycles. The fourth-order valence-electron chi connectivity index (χ4n) is 10.3. The quantitative estimate of drug-likeness (QED) is 0.311. The Morgan fingerprint density at radius 3 is 2.47 bits per heavy atom. The van der Waals surface area contributed by atoms with Gasteiger partial charge in [-0.05, 0) is 74.9 Å². The van der Waals surface area contributed by atoms with E-state index in [1.165, 1.54) is 18.2 Å². The number of hydrogen-bond donors (Lipinski definition) is 3. The number of carbonyl (C=O) groups is 4. The Labute approximate surface area is 345 Å². The van der Waals surface area contributed by atoms with Gasteiger partial charge in [0, 0.05) is 94.2 Å². The smallest absolute Gasteiger partial charge is 0.320 e. The van der Waals surface area contributed by atoms with Crippen LogP contribution in [-0.4, -0.2) is 148 Å². The van der Waals surface area contributed by atoms with Gasteiger partial charge in [0.1, 0.15) is 11.6 Å².